The summed E-state index contributed by atoms with van der Waals surface area (Å²) in [5, 5.41) is 0. The van der Waals surface area contributed by atoms with Crippen LogP contribution in [-0.4, -0.2) is 55.2 Å². The van der Waals surface area contributed by atoms with Crippen LogP contribution in [0.5, 0.6) is 0 Å². The van der Waals surface area contributed by atoms with Crippen LogP contribution < -0.4 is 0 Å². The van der Waals surface area contributed by atoms with Gasteiger partial charge in [0.1, 0.15) is 11.3 Å². The summed E-state index contributed by atoms with van der Waals surface area (Å²) in [4.78, 5) is 36.2. The smallest absolute Gasteiger partial charge is 0.274 e. The highest BCUT2D eigenvalue weighted by Crippen LogP contribution is 2.56. The second-order valence-corrected chi connectivity index (χ2v) is 10.7. The molecular weight excluding hydrogens is 424 g/mol. The highest BCUT2D eigenvalue weighted by atomic mass is 16.2. The number of hydrogen-bond donors (Lipinski definition) is 0. The van der Waals surface area contributed by atoms with Crippen molar-refractivity contribution in [1.82, 2.24) is 19.2 Å². The Morgan fingerprint density at radius 1 is 1.03 bits per heavy atom. The summed E-state index contributed by atoms with van der Waals surface area (Å²) in [6.07, 6.45) is 6.63. The molecule has 5 atom stereocenters. The molecule has 6 rings (SSSR count). The van der Waals surface area contributed by atoms with Crippen LogP contribution in [-0.2, 0) is 11.2 Å². The molecule has 0 radical (unpaired) electrons. The topological polar surface area (TPSA) is 57.9 Å². The van der Waals surface area contributed by atoms with E-state index in [9.17, 15) is 9.59 Å². The second-order valence-electron chi connectivity index (χ2n) is 10.7. The first kappa shape index (κ1) is 21.4. The highest BCUT2D eigenvalue weighted by molar-refractivity contribution is 5.94. The van der Waals surface area contributed by atoms with Crippen molar-refractivity contribution < 1.29 is 9.59 Å². The minimum Gasteiger partial charge on any atom is -0.334 e. The van der Waals surface area contributed by atoms with E-state index in [1.807, 2.05) is 41.8 Å². The van der Waals surface area contributed by atoms with E-state index in [0.29, 0.717) is 5.69 Å². The third-order valence-electron chi connectivity index (χ3n) is 8.76. The van der Waals surface area contributed by atoms with Crippen molar-refractivity contribution in [2.75, 3.05) is 0 Å². The fraction of sp³-hybridized carbons (Fsp3) is 0.464. The predicted octanol–water partition coefficient (Wildman–Crippen LogP) is 4.26. The molecule has 6 nitrogen and oxygen atoms in total. The first-order valence-electron chi connectivity index (χ1n) is 12.5. The molecule has 4 heterocycles. The van der Waals surface area contributed by atoms with Crippen LogP contribution in [0, 0.1) is 12.3 Å². The Hall–Kier alpha value is -3.15. The molecule has 2 saturated heterocycles. The molecule has 34 heavy (non-hydrogen) atoms. The van der Waals surface area contributed by atoms with E-state index >= 15 is 0 Å². The lowest BCUT2D eigenvalue weighted by atomic mass is 9.64. The van der Waals surface area contributed by atoms with Gasteiger partial charge in [-0.3, -0.25) is 9.59 Å². The van der Waals surface area contributed by atoms with E-state index in [4.69, 9.17) is 4.98 Å². The molecule has 1 aliphatic carbocycles. The van der Waals surface area contributed by atoms with Crippen LogP contribution in [0.1, 0.15) is 61.3 Å². The van der Waals surface area contributed by atoms with Gasteiger partial charge in [0.15, 0.2) is 0 Å². The number of fused-ring (bicyclic) bond motifs is 2. The van der Waals surface area contributed by atoms with Gasteiger partial charge in [-0.15, -0.1) is 0 Å². The van der Waals surface area contributed by atoms with E-state index < -0.39 is 0 Å². The number of pyridine rings is 1. The molecule has 2 amide bonds. The molecule has 2 aromatic heterocycles. The minimum absolute atomic E-state index is 0.00370. The first-order chi connectivity index (χ1) is 16.4. The van der Waals surface area contributed by atoms with Crippen molar-refractivity contribution in [1.29, 1.82) is 0 Å². The zero-order chi connectivity index (χ0) is 23.6. The molecular formula is C28H32N4O2. The third kappa shape index (κ3) is 3.04. The maximum atomic E-state index is 14.3. The van der Waals surface area contributed by atoms with Crippen LogP contribution in [0.2, 0.25) is 0 Å². The summed E-state index contributed by atoms with van der Waals surface area (Å²) >= 11 is 0. The van der Waals surface area contributed by atoms with Crippen LogP contribution in [0.3, 0.4) is 0 Å². The van der Waals surface area contributed by atoms with Crippen molar-refractivity contribution in [3.05, 3.63) is 71.7 Å². The number of aromatic nitrogens is 2. The maximum absolute atomic E-state index is 14.3. The average Bonchev–Trinajstić information content (AvgIpc) is 3.39. The number of hydrogen-bond acceptors (Lipinski definition) is 3. The van der Waals surface area contributed by atoms with Crippen LogP contribution >= 0.6 is 0 Å². The highest BCUT2D eigenvalue weighted by Gasteiger charge is 2.64. The fourth-order valence-electron chi connectivity index (χ4n) is 7.31. The maximum Gasteiger partial charge on any atom is 0.274 e. The van der Waals surface area contributed by atoms with Gasteiger partial charge in [0, 0.05) is 36.3 Å². The standard InChI is InChI=1S/C28H32N4O2/c1-18-9-7-14-26-29-21(17-30(18)26)27(34)32-22(15-20-10-5-4-6-11-20)23-16-28(3)24(31(23)19(2)33)12-8-13-25(28)32/h4-7,9-11,14,17,22-25H,8,12-13,15-16H2,1-3H3/t22-,23-,24-,25+,28-/m0/s1. The summed E-state index contributed by atoms with van der Waals surface area (Å²) in [7, 11) is 0. The van der Waals surface area contributed by atoms with Gasteiger partial charge >= 0.3 is 0 Å². The molecule has 176 valence electrons. The Morgan fingerprint density at radius 2 is 1.76 bits per heavy atom. The molecule has 6 heteroatoms. The van der Waals surface area contributed by atoms with Crippen molar-refractivity contribution >= 4 is 17.5 Å². The van der Waals surface area contributed by atoms with Gasteiger partial charge in [0.2, 0.25) is 5.91 Å². The SMILES string of the molecule is CC(=O)N1[C@H]2CCC[C@H]3N(C(=O)c4cn5c(C)cccc5n4)[C@@H](Cc4ccccc4)[C@@H]1C[C@@]23C. The molecule has 0 N–H and O–H groups in total. The summed E-state index contributed by atoms with van der Waals surface area (Å²) in [5.41, 5.74) is 3.46. The van der Waals surface area contributed by atoms with Gasteiger partial charge < -0.3 is 14.2 Å². The van der Waals surface area contributed by atoms with Crippen molar-refractivity contribution in [3.63, 3.8) is 0 Å². The number of carbonyl (C=O) groups is 2. The number of nitrogens with zero attached hydrogens (tertiary/aromatic N) is 4. The van der Waals surface area contributed by atoms with Crippen LogP contribution in [0.15, 0.2) is 54.7 Å². The summed E-state index contributed by atoms with van der Waals surface area (Å²) in [6.45, 7) is 6.04. The Labute approximate surface area is 200 Å². The zero-order valence-corrected chi connectivity index (χ0v) is 20.1. The average molecular weight is 457 g/mol. The molecule has 3 aliphatic rings. The lowest BCUT2D eigenvalue weighted by Gasteiger charge is -2.52. The number of benzene rings is 1. The Morgan fingerprint density at radius 3 is 2.47 bits per heavy atom. The molecule has 1 saturated carbocycles. The van der Waals surface area contributed by atoms with E-state index in [1.54, 1.807) is 6.92 Å². The molecule has 0 spiro atoms. The number of amides is 2. The van der Waals surface area contributed by atoms with Crippen molar-refractivity contribution in [2.45, 2.75) is 77.0 Å². The molecule has 2 bridgehead atoms. The fourth-order valence-corrected chi connectivity index (χ4v) is 7.31. The molecule has 0 unspecified atom stereocenters. The van der Waals surface area contributed by atoms with Gasteiger partial charge in [-0.25, -0.2) is 4.98 Å². The van der Waals surface area contributed by atoms with Gasteiger partial charge in [0.25, 0.3) is 5.91 Å². The zero-order valence-electron chi connectivity index (χ0n) is 20.1. The van der Waals surface area contributed by atoms with Gasteiger partial charge in [-0.1, -0.05) is 43.3 Å². The van der Waals surface area contributed by atoms with Gasteiger partial charge in [-0.2, -0.15) is 0 Å². The molecule has 3 aromatic rings. The number of rotatable bonds is 3. The lowest BCUT2D eigenvalue weighted by molar-refractivity contribution is -0.133. The van der Waals surface area contributed by atoms with Gasteiger partial charge in [-0.05, 0) is 56.7 Å². The van der Waals surface area contributed by atoms with E-state index in [0.717, 1.165) is 43.4 Å². The Bertz CT molecular complexity index is 1270. The van der Waals surface area contributed by atoms with E-state index in [2.05, 4.69) is 41.0 Å². The number of imidazole rings is 1. The summed E-state index contributed by atoms with van der Waals surface area (Å²) < 4.78 is 1.99. The number of aryl methyl sites for hydroxylation is 1. The van der Waals surface area contributed by atoms with Gasteiger partial charge in [0.05, 0.1) is 12.1 Å². The number of piperidine rings is 1. The summed E-state index contributed by atoms with van der Waals surface area (Å²) in [6, 6.07) is 16.6. The molecule has 1 aromatic carbocycles. The Kier molecular flexibility index (Phi) is 4.84. The summed E-state index contributed by atoms with van der Waals surface area (Å²) in [5.74, 6) is 0.131. The van der Waals surface area contributed by atoms with E-state index in [1.165, 1.54) is 5.56 Å². The predicted molar refractivity (Wildman–Crippen MR) is 130 cm³/mol. The normalized spacial score (nSPS) is 30.1. The quantitative estimate of drug-likeness (QED) is 0.592. The number of carbonyl (C=O) groups excluding carboxylic acids is 2. The van der Waals surface area contributed by atoms with Crippen molar-refractivity contribution in [2.24, 2.45) is 5.41 Å². The third-order valence-corrected chi connectivity index (χ3v) is 8.76. The molecule has 2 aliphatic heterocycles. The number of likely N-dealkylation sites (tertiary alicyclic amines) is 2. The lowest BCUT2D eigenvalue weighted by Crippen LogP contribution is -2.62. The van der Waals surface area contributed by atoms with Crippen molar-refractivity contribution in [3.8, 4) is 0 Å². The molecule has 3 fully saturated rings. The van der Waals surface area contributed by atoms with Crippen LogP contribution in [0.25, 0.3) is 5.65 Å². The van der Waals surface area contributed by atoms with E-state index in [-0.39, 0.29) is 41.4 Å². The van der Waals surface area contributed by atoms with Crippen LogP contribution in [0.4, 0.5) is 0 Å². The monoisotopic (exact) mass is 456 g/mol. The minimum atomic E-state index is -0.0769. The second kappa shape index (κ2) is 7.69. The Balaban J connectivity index is 1.48. The largest absolute Gasteiger partial charge is 0.334 e. The first-order valence-corrected chi connectivity index (χ1v) is 12.5.